The van der Waals surface area contributed by atoms with Crippen LogP contribution >= 0.6 is 34.4 Å². The number of morpholine rings is 1. The highest BCUT2D eigenvalue weighted by Gasteiger charge is 2.57. The van der Waals surface area contributed by atoms with E-state index in [2.05, 4.69) is 0 Å². The lowest BCUT2D eigenvalue weighted by atomic mass is 9.87. The number of carbonyl (C=O) groups is 3. The third-order valence-corrected chi connectivity index (χ3v) is 10.1. The lowest BCUT2D eigenvalue weighted by molar-refractivity contribution is -0.136. The highest BCUT2D eigenvalue weighted by Crippen LogP contribution is 2.54. The minimum Gasteiger partial charge on any atom is -0.378 e. The van der Waals surface area contributed by atoms with Crippen molar-refractivity contribution in [1.29, 1.82) is 0 Å². The number of thiophene rings is 1. The van der Waals surface area contributed by atoms with Gasteiger partial charge in [0.05, 0.1) is 29.8 Å². The molecule has 0 N–H and O–H groups in total. The molecule has 3 aliphatic rings. The molecule has 11 heteroatoms. The van der Waals surface area contributed by atoms with Gasteiger partial charge in [0.2, 0.25) is 17.7 Å². The summed E-state index contributed by atoms with van der Waals surface area (Å²) in [5.41, 5.74) is 0.547. The number of ether oxygens (including phenoxy) is 1. The van der Waals surface area contributed by atoms with Crippen molar-refractivity contribution in [1.82, 2.24) is 9.47 Å². The van der Waals surface area contributed by atoms with Gasteiger partial charge in [0.25, 0.3) is 0 Å². The van der Waals surface area contributed by atoms with Crippen molar-refractivity contribution in [3.63, 3.8) is 0 Å². The Labute approximate surface area is 213 Å². The first kappa shape index (κ1) is 22.7. The standard InChI is InChI=1S/C24H21N3O5S3/c28-16(25-8-10-32-11-9-25)13-26-23-20(35-24(26)31)17(15-7-4-12-33-15)18-19(34-23)22(30)27(21(18)29)14-5-2-1-3-6-14/h1-7,12,17-19H,8-11,13H2/t17-,18-,19+/m0/s1. The maximum absolute atomic E-state index is 13.7. The number of amides is 3. The maximum atomic E-state index is 13.7. The van der Waals surface area contributed by atoms with Gasteiger partial charge in [0, 0.05) is 28.8 Å². The van der Waals surface area contributed by atoms with Gasteiger partial charge < -0.3 is 9.64 Å². The second-order valence-corrected chi connectivity index (χ2v) is 11.6. The molecule has 6 rings (SSSR count). The Morgan fingerprint density at radius 1 is 1.00 bits per heavy atom. The largest absolute Gasteiger partial charge is 0.378 e. The van der Waals surface area contributed by atoms with Crippen LogP contribution in [-0.4, -0.2) is 58.7 Å². The lowest BCUT2D eigenvalue weighted by Gasteiger charge is -2.30. The van der Waals surface area contributed by atoms with Gasteiger partial charge in [0.1, 0.15) is 11.8 Å². The SMILES string of the molecule is O=C(Cn1c2c(sc1=O)[C@@H](c1cccs1)[C@@H]1C(=O)N(c3ccccc3)C(=O)[C@@H]1S2)N1CCOCC1. The summed E-state index contributed by atoms with van der Waals surface area (Å²) >= 11 is 3.83. The second-order valence-electron chi connectivity index (χ2n) is 8.52. The highest BCUT2D eigenvalue weighted by atomic mass is 32.2. The number of aromatic nitrogens is 1. The molecule has 3 aromatic rings. The number of nitrogens with zero attached hydrogens (tertiary/aromatic N) is 3. The average Bonchev–Trinajstić information content (AvgIpc) is 3.58. The van der Waals surface area contributed by atoms with E-state index in [1.807, 2.05) is 23.6 Å². The quantitative estimate of drug-likeness (QED) is 0.485. The fraction of sp³-hybridized carbons (Fsp3) is 0.333. The van der Waals surface area contributed by atoms with E-state index in [1.165, 1.54) is 32.6 Å². The summed E-state index contributed by atoms with van der Waals surface area (Å²) < 4.78 is 6.82. The van der Waals surface area contributed by atoms with Crippen LogP contribution in [0.3, 0.4) is 0 Å². The Bertz CT molecular complexity index is 1340. The minimum absolute atomic E-state index is 0.0866. The lowest BCUT2D eigenvalue weighted by Crippen LogP contribution is -2.43. The molecule has 1 aromatic carbocycles. The van der Waals surface area contributed by atoms with Crippen LogP contribution in [0.2, 0.25) is 0 Å². The molecule has 8 nitrogen and oxygen atoms in total. The Hall–Kier alpha value is -2.73. The van der Waals surface area contributed by atoms with E-state index in [4.69, 9.17) is 4.74 Å². The van der Waals surface area contributed by atoms with Crippen molar-refractivity contribution in [3.05, 3.63) is 67.3 Å². The van der Waals surface area contributed by atoms with Gasteiger partial charge in [-0.1, -0.05) is 47.4 Å². The average molecular weight is 528 g/mol. The Morgan fingerprint density at radius 3 is 2.49 bits per heavy atom. The minimum atomic E-state index is -0.666. The number of hydrogen-bond donors (Lipinski definition) is 0. The van der Waals surface area contributed by atoms with Crippen LogP contribution in [0.15, 0.2) is 57.7 Å². The van der Waals surface area contributed by atoms with Gasteiger partial charge in [-0.25, -0.2) is 4.90 Å². The number of thioether (sulfide) groups is 1. The van der Waals surface area contributed by atoms with Crippen LogP contribution in [-0.2, 0) is 25.7 Å². The number of benzene rings is 1. The number of para-hydroxylation sites is 1. The number of fused-ring (bicyclic) bond motifs is 2. The molecule has 2 fully saturated rings. The smallest absolute Gasteiger partial charge is 0.308 e. The van der Waals surface area contributed by atoms with Crippen LogP contribution in [0.25, 0.3) is 0 Å². The summed E-state index contributed by atoms with van der Waals surface area (Å²) in [5.74, 6) is -1.70. The molecule has 0 saturated carbocycles. The third kappa shape index (κ3) is 3.77. The van der Waals surface area contributed by atoms with Crippen molar-refractivity contribution in [3.8, 4) is 0 Å². The summed E-state index contributed by atoms with van der Waals surface area (Å²) in [6.07, 6.45) is 0. The highest BCUT2D eigenvalue weighted by molar-refractivity contribution is 8.00. The van der Waals surface area contributed by atoms with Gasteiger partial charge in [-0.05, 0) is 23.6 Å². The van der Waals surface area contributed by atoms with E-state index in [0.29, 0.717) is 37.0 Å². The molecule has 180 valence electrons. The van der Waals surface area contributed by atoms with Crippen molar-refractivity contribution in [2.75, 3.05) is 31.2 Å². The topological polar surface area (TPSA) is 88.9 Å². The number of rotatable bonds is 4. The molecule has 0 unspecified atom stereocenters. The Kier molecular flexibility index (Phi) is 5.87. The van der Waals surface area contributed by atoms with E-state index in [9.17, 15) is 19.2 Å². The van der Waals surface area contributed by atoms with Crippen LogP contribution in [0.5, 0.6) is 0 Å². The summed E-state index contributed by atoms with van der Waals surface area (Å²) in [6, 6.07) is 12.8. The molecule has 0 aliphatic carbocycles. The van der Waals surface area contributed by atoms with Crippen LogP contribution in [0, 0.1) is 5.92 Å². The number of carbonyl (C=O) groups excluding carboxylic acids is 3. The van der Waals surface area contributed by atoms with E-state index < -0.39 is 17.1 Å². The van der Waals surface area contributed by atoms with E-state index >= 15 is 0 Å². The van der Waals surface area contributed by atoms with Crippen molar-refractivity contribution in [2.24, 2.45) is 5.92 Å². The number of anilines is 1. The molecular weight excluding hydrogens is 506 g/mol. The Morgan fingerprint density at radius 2 is 1.77 bits per heavy atom. The van der Waals surface area contributed by atoms with Crippen molar-refractivity contribution in [2.45, 2.75) is 22.7 Å². The molecule has 35 heavy (non-hydrogen) atoms. The van der Waals surface area contributed by atoms with Crippen LogP contribution < -0.4 is 9.77 Å². The summed E-state index contributed by atoms with van der Waals surface area (Å²) in [7, 11) is 0. The first-order valence-corrected chi connectivity index (χ1v) is 13.8. The molecule has 3 amide bonds. The third-order valence-electron chi connectivity index (χ3n) is 6.57. The zero-order valence-electron chi connectivity index (χ0n) is 18.5. The Balaban J connectivity index is 1.41. The maximum Gasteiger partial charge on any atom is 0.308 e. The number of imide groups is 1. The molecule has 3 aliphatic heterocycles. The zero-order chi connectivity index (χ0) is 24.1. The number of thiazole rings is 1. The fourth-order valence-electron chi connectivity index (χ4n) is 4.91. The van der Waals surface area contributed by atoms with Gasteiger partial charge in [-0.2, -0.15) is 0 Å². The summed E-state index contributed by atoms with van der Waals surface area (Å²) in [6.45, 7) is 1.86. The molecular formula is C24H21N3O5S3. The van der Waals surface area contributed by atoms with E-state index in [1.54, 1.807) is 29.2 Å². The normalized spacial score (nSPS) is 23.9. The monoisotopic (exact) mass is 527 g/mol. The second kappa shape index (κ2) is 9.05. The van der Waals surface area contributed by atoms with Gasteiger partial charge in [-0.3, -0.25) is 23.7 Å². The van der Waals surface area contributed by atoms with Crippen LogP contribution in [0.1, 0.15) is 15.7 Å². The molecule has 5 heterocycles. The molecule has 2 aromatic heterocycles. The predicted molar refractivity (Wildman–Crippen MR) is 134 cm³/mol. The summed E-state index contributed by atoms with van der Waals surface area (Å²) in [5, 5.41) is 1.89. The van der Waals surface area contributed by atoms with E-state index in [0.717, 1.165) is 21.1 Å². The summed E-state index contributed by atoms with van der Waals surface area (Å²) in [4.78, 5) is 57.8. The number of hydrogen-bond acceptors (Lipinski definition) is 8. The first-order valence-electron chi connectivity index (χ1n) is 11.3. The molecule has 0 bridgehead atoms. The molecule has 0 radical (unpaired) electrons. The fourth-order valence-corrected chi connectivity index (χ4v) is 8.63. The van der Waals surface area contributed by atoms with Crippen molar-refractivity contribution >= 4 is 57.8 Å². The predicted octanol–water partition coefficient (Wildman–Crippen LogP) is 2.63. The zero-order valence-corrected chi connectivity index (χ0v) is 20.9. The molecule has 3 atom stereocenters. The molecule has 0 spiro atoms. The van der Waals surface area contributed by atoms with Crippen molar-refractivity contribution < 1.29 is 19.1 Å². The van der Waals surface area contributed by atoms with Gasteiger partial charge in [-0.15, -0.1) is 11.3 Å². The van der Waals surface area contributed by atoms with Gasteiger partial charge in [0.15, 0.2) is 0 Å². The van der Waals surface area contributed by atoms with Crippen LogP contribution in [0.4, 0.5) is 5.69 Å². The van der Waals surface area contributed by atoms with Gasteiger partial charge >= 0.3 is 4.87 Å². The molecule has 2 saturated heterocycles. The first-order chi connectivity index (χ1) is 17.0. The van der Waals surface area contributed by atoms with E-state index in [-0.39, 0.29) is 29.1 Å².